The summed E-state index contributed by atoms with van der Waals surface area (Å²) in [5, 5.41) is 1.31. The number of furan rings is 1. The number of hydrogen-bond acceptors (Lipinski definition) is 3. The van der Waals surface area contributed by atoms with Gasteiger partial charge in [0.15, 0.2) is 0 Å². The lowest BCUT2D eigenvalue weighted by atomic mass is 9.86. The molecule has 4 aromatic rings. The van der Waals surface area contributed by atoms with Crippen LogP contribution in [0.3, 0.4) is 0 Å². The highest BCUT2D eigenvalue weighted by Gasteiger charge is 2.19. The highest BCUT2D eigenvalue weighted by atomic mass is 16.3. The first-order valence-electron chi connectivity index (χ1n) is 13.9. The number of fused-ring (bicyclic) bond motifs is 3. The smallest absolute Gasteiger partial charge is 0.227 e. The molecule has 0 radical (unpaired) electrons. The van der Waals surface area contributed by atoms with Crippen molar-refractivity contribution < 1.29 is 16.8 Å². The first-order chi connectivity index (χ1) is 17.1. The molecule has 1 unspecified atom stereocenters. The molecular weight excluding hydrogens is 344 g/mol. The van der Waals surface area contributed by atoms with Crippen LogP contribution in [0.15, 0.2) is 53.1 Å². The van der Waals surface area contributed by atoms with E-state index in [0.29, 0.717) is 34.0 Å². The van der Waals surface area contributed by atoms with Crippen LogP contribution in [0.4, 0.5) is 0 Å². The normalized spacial score (nSPS) is 27.7. The fourth-order valence-corrected chi connectivity index (χ4v) is 3.59. The minimum absolute atomic E-state index is 0.0296. The van der Waals surface area contributed by atoms with Crippen molar-refractivity contribution in [3.05, 3.63) is 59.9 Å². The second-order valence-corrected chi connectivity index (χ2v) is 6.97. The van der Waals surface area contributed by atoms with Gasteiger partial charge in [0, 0.05) is 46.5 Å². The molecule has 0 saturated heterocycles. The van der Waals surface area contributed by atoms with Gasteiger partial charge in [-0.2, -0.15) is 0 Å². The summed E-state index contributed by atoms with van der Waals surface area (Å²) in [5.41, 5.74) is 1.79. The minimum Gasteiger partial charge on any atom is -0.437 e. The van der Waals surface area contributed by atoms with Crippen molar-refractivity contribution in [1.29, 1.82) is 0 Å². The van der Waals surface area contributed by atoms with Crippen LogP contribution in [0.25, 0.3) is 33.3 Å². The van der Waals surface area contributed by atoms with E-state index in [1.165, 1.54) is 25.3 Å². The molecule has 3 heterocycles. The van der Waals surface area contributed by atoms with Crippen LogP contribution >= 0.6 is 0 Å². The van der Waals surface area contributed by atoms with Crippen molar-refractivity contribution in [1.82, 2.24) is 9.97 Å². The highest BCUT2D eigenvalue weighted by molar-refractivity contribution is 6.08. The Labute approximate surface area is 178 Å². The van der Waals surface area contributed by atoms with Crippen molar-refractivity contribution in [3.63, 3.8) is 0 Å². The number of benzene rings is 1. The molecule has 28 heavy (non-hydrogen) atoms. The molecule has 0 spiro atoms. The van der Waals surface area contributed by atoms with Gasteiger partial charge in [-0.05, 0) is 54.5 Å². The predicted molar refractivity (Wildman–Crippen MR) is 115 cm³/mol. The monoisotopic (exact) mass is 379 g/mol. The first kappa shape index (κ1) is 10.2. The Hall–Kier alpha value is -2.68. The molecule has 1 atom stereocenters. The van der Waals surface area contributed by atoms with Crippen molar-refractivity contribution in [2.75, 3.05) is 0 Å². The predicted octanol–water partition coefficient (Wildman–Crippen LogP) is 7.21. The van der Waals surface area contributed by atoms with Crippen LogP contribution in [-0.4, -0.2) is 9.97 Å². The molecule has 1 aliphatic rings. The van der Waals surface area contributed by atoms with E-state index in [0.717, 1.165) is 0 Å². The molecule has 0 amide bonds. The standard InChI is InChI=1S/C25H26N2O/c1-16(2)18-13-14-26-23(15-18)21-10-6-9-19-20-11-12-22(17-7-4-3-5-8-17)27-25(20)28-24(19)21/h6,9-17H,3-5,7-8H2,1-2H3/i1D3,7D2,8D2,16D,17D. The van der Waals surface area contributed by atoms with E-state index in [1.54, 1.807) is 24.3 Å². The molecular formula is C25H26N2O. The second-order valence-electron chi connectivity index (χ2n) is 6.97. The van der Waals surface area contributed by atoms with Crippen molar-refractivity contribution >= 4 is 22.1 Å². The molecule has 1 aromatic carbocycles. The van der Waals surface area contributed by atoms with Gasteiger partial charge in [0.25, 0.3) is 0 Å². The van der Waals surface area contributed by atoms with Gasteiger partial charge in [-0.25, -0.2) is 4.98 Å². The topological polar surface area (TPSA) is 38.9 Å². The van der Waals surface area contributed by atoms with Crippen LogP contribution in [-0.2, 0) is 0 Å². The van der Waals surface area contributed by atoms with Crippen molar-refractivity contribution in [3.8, 4) is 11.3 Å². The zero-order valence-electron chi connectivity index (χ0n) is 24.5. The van der Waals surface area contributed by atoms with E-state index in [1.807, 2.05) is 6.07 Å². The Kier molecular flexibility index (Phi) is 2.57. The second kappa shape index (κ2) is 7.05. The third kappa shape index (κ3) is 2.99. The van der Waals surface area contributed by atoms with E-state index >= 15 is 0 Å². The first-order valence-corrected chi connectivity index (χ1v) is 9.40. The summed E-state index contributed by atoms with van der Waals surface area (Å²) in [4.78, 5) is 8.85. The lowest BCUT2D eigenvalue weighted by Crippen LogP contribution is -2.06. The molecule has 1 fully saturated rings. The van der Waals surface area contributed by atoms with Gasteiger partial charge in [0.05, 0.1) is 5.69 Å². The van der Waals surface area contributed by atoms with E-state index in [2.05, 4.69) is 9.97 Å². The summed E-state index contributed by atoms with van der Waals surface area (Å²) >= 11 is 0. The number of hydrogen-bond donors (Lipinski definition) is 0. The summed E-state index contributed by atoms with van der Waals surface area (Å²) in [6.45, 7) is -1.20. The number of para-hydroxylation sites is 1. The number of rotatable bonds is 3. The highest BCUT2D eigenvalue weighted by Crippen LogP contribution is 2.37. The number of aromatic nitrogens is 2. The maximum Gasteiger partial charge on any atom is 0.227 e. The molecule has 0 aliphatic heterocycles. The Morgan fingerprint density at radius 3 is 2.93 bits per heavy atom. The fourth-order valence-electron chi connectivity index (χ4n) is 3.59. The number of nitrogens with zero attached hydrogens (tertiary/aromatic N) is 2. The van der Waals surface area contributed by atoms with Gasteiger partial charge < -0.3 is 4.42 Å². The Bertz CT molecular complexity index is 1490. The average Bonchev–Trinajstić information content (AvgIpc) is 3.19. The average molecular weight is 380 g/mol. The van der Waals surface area contributed by atoms with E-state index < -0.39 is 31.4 Å². The lowest BCUT2D eigenvalue weighted by Gasteiger charge is -2.20. The maximum atomic E-state index is 8.96. The van der Waals surface area contributed by atoms with E-state index in [9.17, 15) is 0 Å². The van der Waals surface area contributed by atoms with Crippen LogP contribution in [0, 0.1) is 0 Å². The number of pyridine rings is 2. The largest absolute Gasteiger partial charge is 0.437 e. The maximum absolute atomic E-state index is 8.96. The fraction of sp³-hybridized carbons (Fsp3) is 0.360. The van der Waals surface area contributed by atoms with Gasteiger partial charge >= 0.3 is 0 Å². The molecule has 0 N–H and O–H groups in total. The Morgan fingerprint density at radius 1 is 1.18 bits per heavy atom. The third-order valence-electron chi connectivity index (χ3n) is 5.05. The van der Waals surface area contributed by atoms with Crippen LogP contribution in [0.1, 0.15) is 81.2 Å². The van der Waals surface area contributed by atoms with E-state index in [-0.39, 0.29) is 29.8 Å². The van der Waals surface area contributed by atoms with Crippen molar-refractivity contribution in [2.45, 2.75) is 57.6 Å². The van der Waals surface area contributed by atoms with Gasteiger partial charge in [-0.3, -0.25) is 4.98 Å². The summed E-state index contributed by atoms with van der Waals surface area (Å²) in [7, 11) is 0. The summed E-state index contributed by atoms with van der Waals surface area (Å²) in [5.74, 6) is -4.05. The SMILES string of the molecule is [2H]C([2H])([2H])C([2H])(C)c1ccnc(-c2cccc3c2oc2nc(C4([2H])C([2H])([2H])CCCC4([2H])[2H])ccc23)c1. The van der Waals surface area contributed by atoms with Crippen LogP contribution in [0.5, 0.6) is 0 Å². The zero-order valence-corrected chi connectivity index (χ0v) is 15.5. The summed E-state index contributed by atoms with van der Waals surface area (Å²) in [6, 6.07) is 11.6. The van der Waals surface area contributed by atoms with Crippen molar-refractivity contribution in [2.24, 2.45) is 0 Å². The molecule has 0 bridgehead atoms. The molecule has 3 nitrogen and oxygen atoms in total. The molecule has 5 rings (SSSR count). The van der Waals surface area contributed by atoms with Gasteiger partial charge in [0.1, 0.15) is 5.58 Å². The molecule has 3 heteroatoms. The lowest BCUT2D eigenvalue weighted by molar-refractivity contribution is 0.436. The quantitative estimate of drug-likeness (QED) is 0.377. The molecule has 3 aromatic heterocycles. The Morgan fingerprint density at radius 2 is 2.07 bits per heavy atom. The summed E-state index contributed by atoms with van der Waals surface area (Å²) < 4.78 is 80.6. The van der Waals surface area contributed by atoms with E-state index in [4.69, 9.17) is 16.8 Å². The van der Waals surface area contributed by atoms with Crippen LogP contribution in [0.2, 0.25) is 0 Å². The molecule has 142 valence electrons. The molecule has 1 saturated carbocycles. The minimum atomic E-state index is -2.54. The van der Waals surface area contributed by atoms with Crippen LogP contribution < -0.4 is 0 Å². The molecule has 1 aliphatic carbocycles. The van der Waals surface area contributed by atoms with Gasteiger partial charge in [-0.1, -0.05) is 45.2 Å². The summed E-state index contributed by atoms with van der Waals surface area (Å²) in [6.07, 6.45) is -2.31. The van der Waals surface area contributed by atoms with Gasteiger partial charge in [0.2, 0.25) is 5.71 Å². The van der Waals surface area contributed by atoms with Gasteiger partial charge in [-0.15, -0.1) is 0 Å². The third-order valence-corrected chi connectivity index (χ3v) is 5.05. The Balaban J connectivity index is 1.67. The zero-order chi connectivity index (χ0) is 27.0.